The first-order valence-electron chi connectivity index (χ1n) is 9.36. The van der Waals surface area contributed by atoms with Gasteiger partial charge in [-0.2, -0.15) is 4.31 Å². The largest absolute Gasteiger partial charge is 0.449 e. The van der Waals surface area contributed by atoms with Crippen LogP contribution in [-0.2, 0) is 24.3 Å². The lowest BCUT2D eigenvalue weighted by atomic mass is 10.2. The summed E-state index contributed by atoms with van der Waals surface area (Å²) >= 11 is 6.12. The van der Waals surface area contributed by atoms with Gasteiger partial charge in [-0.1, -0.05) is 36.2 Å². The second-order valence-electron chi connectivity index (χ2n) is 6.56. The average molecular weight is 441 g/mol. The van der Waals surface area contributed by atoms with Gasteiger partial charge in [0.1, 0.15) is 0 Å². The van der Waals surface area contributed by atoms with E-state index < -0.39 is 28.0 Å². The molecule has 1 fully saturated rings. The Bertz CT molecular complexity index is 905. The number of allylic oxidation sites excluding steroid dienone is 3. The molecule has 0 aliphatic carbocycles. The molecule has 1 N–H and O–H groups in total. The summed E-state index contributed by atoms with van der Waals surface area (Å²) in [6, 6.07) is 4.16. The van der Waals surface area contributed by atoms with Crippen molar-refractivity contribution < 1.29 is 22.7 Å². The van der Waals surface area contributed by atoms with Gasteiger partial charge in [0.25, 0.3) is 5.91 Å². The Balaban J connectivity index is 2.11. The molecule has 1 aromatic rings. The van der Waals surface area contributed by atoms with Crippen LogP contribution in [-0.4, -0.2) is 43.8 Å². The van der Waals surface area contributed by atoms with Crippen LogP contribution < -0.4 is 5.32 Å². The van der Waals surface area contributed by atoms with Gasteiger partial charge < -0.3 is 10.1 Å². The SMILES string of the molecule is C/C=C/C=C/C(=O)O[C@H](C)C(=O)Nc1cc(S(=O)(=O)N2CCCCC2)ccc1Cl. The van der Waals surface area contributed by atoms with Crippen molar-refractivity contribution in [2.24, 2.45) is 0 Å². The molecule has 1 aliphatic heterocycles. The molecule has 0 saturated carbocycles. The quantitative estimate of drug-likeness (QED) is 0.398. The number of nitrogens with zero attached hydrogens (tertiary/aromatic N) is 1. The Morgan fingerprint density at radius 1 is 1.21 bits per heavy atom. The number of carbonyl (C=O) groups is 2. The number of piperidine rings is 1. The summed E-state index contributed by atoms with van der Waals surface area (Å²) in [5.74, 6) is -1.29. The van der Waals surface area contributed by atoms with Gasteiger partial charge in [0.05, 0.1) is 15.6 Å². The van der Waals surface area contributed by atoms with E-state index in [9.17, 15) is 18.0 Å². The van der Waals surface area contributed by atoms with E-state index in [0.29, 0.717) is 13.1 Å². The molecule has 1 atom stereocenters. The minimum absolute atomic E-state index is 0.0537. The normalized spacial score (nSPS) is 16.8. The van der Waals surface area contributed by atoms with E-state index in [4.69, 9.17) is 16.3 Å². The van der Waals surface area contributed by atoms with E-state index in [-0.39, 0.29) is 15.6 Å². The highest BCUT2D eigenvalue weighted by Gasteiger charge is 2.27. The zero-order valence-electron chi connectivity index (χ0n) is 16.4. The number of esters is 1. The second kappa shape index (κ2) is 10.6. The molecule has 1 aromatic carbocycles. The fourth-order valence-electron chi connectivity index (χ4n) is 2.76. The topological polar surface area (TPSA) is 92.8 Å². The van der Waals surface area contributed by atoms with Crippen LogP contribution in [0.25, 0.3) is 0 Å². The molecule has 29 heavy (non-hydrogen) atoms. The highest BCUT2D eigenvalue weighted by molar-refractivity contribution is 7.89. The number of benzene rings is 1. The third-order valence-electron chi connectivity index (χ3n) is 4.35. The standard InChI is InChI=1S/C20H25ClN2O5S/c1-3-4-6-9-19(24)28-15(2)20(25)22-18-14-16(10-11-17(18)21)29(26,27)23-12-7-5-8-13-23/h3-4,6,9-11,14-15H,5,7-8,12-13H2,1-2H3,(H,22,25)/b4-3+,9-6+/t15-/m1/s1. The molecule has 9 heteroatoms. The molecule has 1 saturated heterocycles. The predicted molar refractivity (Wildman–Crippen MR) is 112 cm³/mol. The Labute approximate surface area is 176 Å². The Hall–Kier alpha value is -2.16. The molecule has 1 heterocycles. The summed E-state index contributed by atoms with van der Waals surface area (Å²) in [7, 11) is -3.67. The molecular formula is C20H25ClN2O5S. The van der Waals surface area contributed by atoms with Crippen LogP contribution in [0.5, 0.6) is 0 Å². The lowest BCUT2D eigenvalue weighted by Gasteiger charge is -2.26. The molecule has 7 nitrogen and oxygen atoms in total. The van der Waals surface area contributed by atoms with Gasteiger partial charge in [-0.15, -0.1) is 0 Å². The van der Waals surface area contributed by atoms with Gasteiger partial charge in [-0.3, -0.25) is 4.79 Å². The van der Waals surface area contributed by atoms with Gasteiger partial charge >= 0.3 is 5.97 Å². The van der Waals surface area contributed by atoms with Crippen molar-refractivity contribution in [3.63, 3.8) is 0 Å². The van der Waals surface area contributed by atoms with Crippen molar-refractivity contribution >= 4 is 39.2 Å². The zero-order chi connectivity index (χ0) is 21.4. The van der Waals surface area contributed by atoms with E-state index in [1.54, 1.807) is 19.1 Å². The molecule has 0 spiro atoms. The van der Waals surface area contributed by atoms with E-state index in [0.717, 1.165) is 19.3 Å². The van der Waals surface area contributed by atoms with Gasteiger partial charge in [-0.05, 0) is 44.9 Å². The molecule has 158 valence electrons. The van der Waals surface area contributed by atoms with Gasteiger partial charge in [0.2, 0.25) is 10.0 Å². The van der Waals surface area contributed by atoms with Gasteiger partial charge in [0, 0.05) is 19.2 Å². The fourth-order valence-corrected chi connectivity index (χ4v) is 4.47. The number of halogens is 1. The minimum Gasteiger partial charge on any atom is -0.449 e. The number of amides is 1. The molecule has 0 radical (unpaired) electrons. The van der Waals surface area contributed by atoms with Crippen molar-refractivity contribution in [2.45, 2.75) is 44.1 Å². The van der Waals surface area contributed by atoms with Crippen LogP contribution in [0, 0.1) is 0 Å². The third kappa shape index (κ3) is 6.42. The van der Waals surface area contributed by atoms with Crippen LogP contribution >= 0.6 is 11.6 Å². The number of ether oxygens (including phenoxy) is 1. The predicted octanol–water partition coefficient (Wildman–Crippen LogP) is 3.52. The van der Waals surface area contributed by atoms with Crippen LogP contribution in [0.2, 0.25) is 5.02 Å². The number of anilines is 1. The molecule has 1 aliphatic rings. The van der Waals surface area contributed by atoms with Crippen molar-refractivity contribution in [1.29, 1.82) is 0 Å². The lowest BCUT2D eigenvalue weighted by Crippen LogP contribution is -2.35. The third-order valence-corrected chi connectivity index (χ3v) is 6.57. The summed E-state index contributed by atoms with van der Waals surface area (Å²) in [6.45, 7) is 4.16. The Kier molecular flexibility index (Phi) is 8.43. The van der Waals surface area contributed by atoms with Crippen molar-refractivity contribution in [2.75, 3.05) is 18.4 Å². The first kappa shape index (κ1) is 23.1. The van der Waals surface area contributed by atoms with E-state index in [1.807, 2.05) is 0 Å². The zero-order valence-corrected chi connectivity index (χ0v) is 18.0. The smallest absolute Gasteiger partial charge is 0.331 e. The summed E-state index contributed by atoms with van der Waals surface area (Å²) in [4.78, 5) is 24.1. The second-order valence-corrected chi connectivity index (χ2v) is 8.90. The van der Waals surface area contributed by atoms with Gasteiger partial charge in [-0.25, -0.2) is 13.2 Å². The number of nitrogens with one attached hydrogen (secondary N) is 1. The van der Waals surface area contributed by atoms with Crippen molar-refractivity contribution in [1.82, 2.24) is 4.31 Å². The highest BCUT2D eigenvalue weighted by Crippen LogP contribution is 2.28. The molecule has 0 bridgehead atoms. The maximum Gasteiger partial charge on any atom is 0.331 e. The highest BCUT2D eigenvalue weighted by atomic mass is 35.5. The summed E-state index contributed by atoms with van der Waals surface area (Å²) in [5.41, 5.74) is 0.141. The molecule has 2 rings (SSSR count). The summed E-state index contributed by atoms with van der Waals surface area (Å²) < 4.78 is 32.1. The number of rotatable bonds is 7. The van der Waals surface area contributed by atoms with Crippen LogP contribution in [0.3, 0.4) is 0 Å². The maximum absolute atomic E-state index is 12.8. The van der Waals surface area contributed by atoms with Crippen molar-refractivity contribution in [3.05, 3.63) is 47.5 Å². The van der Waals surface area contributed by atoms with Crippen LogP contribution in [0.4, 0.5) is 5.69 Å². The molecule has 0 aromatic heterocycles. The molecule has 0 unspecified atom stereocenters. The summed E-state index contributed by atoms with van der Waals surface area (Å²) in [6.07, 6.45) is 7.66. The minimum atomic E-state index is -3.67. The fraction of sp³-hybridized carbons (Fsp3) is 0.400. The number of hydrogen-bond acceptors (Lipinski definition) is 5. The monoisotopic (exact) mass is 440 g/mol. The van der Waals surface area contributed by atoms with E-state index >= 15 is 0 Å². The Morgan fingerprint density at radius 2 is 1.90 bits per heavy atom. The number of sulfonamides is 1. The average Bonchev–Trinajstić information content (AvgIpc) is 2.70. The number of hydrogen-bond donors (Lipinski definition) is 1. The molecular weight excluding hydrogens is 416 g/mol. The number of carbonyl (C=O) groups excluding carboxylic acids is 2. The van der Waals surface area contributed by atoms with E-state index in [1.165, 1.54) is 41.6 Å². The first-order valence-corrected chi connectivity index (χ1v) is 11.2. The van der Waals surface area contributed by atoms with Crippen LogP contribution in [0.1, 0.15) is 33.1 Å². The van der Waals surface area contributed by atoms with Crippen LogP contribution in [0.15, 0.2) is 47.4 Å². The van der Waals surface area contributed by atoms with Crippen molar-refractivity contribution in [3.8, 4) is 0 Å². The lowest BCUT2D eigenvalue weighted by molar-refractivity contribution is -0.148. The van der Waals surface area contributed by atoms with E-state index in [2.05, 4.69) is 5.32 Å². The Morgan fingerprint density at radius 3 is 2.55 bits per heavy atom. The first-order chi connectivity index (χ1) is 13.8. The molecule has 1 amide bonds. The maximum atomic E-state index is 12.8. The summed E-state index contributed by atoms with van der Waals surface area (Å²) in [5, 5.41) is 2.71. The van der Waals surface area contributed by atoms with Gasteiger partial charge in [0.15, 0.2) is 6.10 Å².